The van der Waals surface area contributed by atoms with Gasteiger partial charge >= 0.3 is 0 Å². The SMILES string of the molecule is CCC(CO)C(N)c1ccc2c(c1)CC(=O)N2. The van der Waals surface area contributed by atoms with Gasteiger partial charge in [-0.1, -0.05) is 19.1 Å². The summed E-state index contributed by atoms with van der Waals surface area (Å²) in [7, 11) is 0. The summed E-state index contributed by atoms with van der Waals surface area (Å²) in [5.41, 5.74) is 8.98. The fraction of sp³-hybridized carbons (Fsp3) is 0.462. The van der Waals surface area contributed by atoms with Crippen molar-refractivity contribution in [2.75, 3.05) is 11.9 Å². The highest BCUT2D eigenvalue weighted by Gasteiger charge is 2.21. The number of rotatable bonds is 4. The normalized spacial score (nSPS) is 17.5. The van der Waals surface area contributed by atoms with E-state index in [4.69, 9.17) is 5.73 Å². The van der Waals surface area contributed by atoms with Gasteiger partial charge in [-0.15, -0.1) is 0 Å². The predicted molar refractivity (Wildman–Crippen MR) is 66.6 cm³/mol. The maximum Gasteiger partial charge on any atom is 0.228 e. The third kappa shape index (κ3) is 2.33. The molecule has 1 heterocycles. The second-order valence-corrected chi connectivity index (χ2v) is 4.52. The molecule has 1 amide bonds. The fourth-order valence-electron chi connectivity index (χ4n) is 2.23. The van der Waals surface area contributed by atoms with Crippen molar-refractivity contribution in [3.05, 3.63) is 29.3 Å². The first kappa shape index (κ1) is 12.1. The van der Waals surface area contributed by atoms with Gasteiger partial charge in [-0.2, -0.15) is 0 Å². The number of benzene rings is 1. The summed E-state index contributed by atoms with van der Waals surface area (Å²) in [6, 6.07) is 5.61. The summed E-state index contributed by atoms with van der Waals surface area (Å²) in [5, 5.41) is 12.0. The number of nitrogens with two attached hydrogens (primary N) is 1. The fourth-order valence-corrected chi connectivity index (χ4v) is 2.23. The number of carbonyl (C=O) groups excluding carboxylic acids is 1. The van der Waals surface area contributed by atoms with Crippen LogP contribution in [0.2, 0.25) is 0 Å². The minimum atomic E-state index is -0.175. The highest BCUT2D eigenvalue weighted by molar-refractivity contribution is 5.99. The number of anilines is 1. The summed E-state index contributed by atoms with van der Waals surface area (Å²) < 4.78 is 0. The van der Waals surface area contributed by atoms with Gasteiger partial charge in [-0.05, 0) is 23.6 Å². The molecular formula is C13H18N2O2. The molecular weight excluding hydrogens is 216 g/mol. The van der Waals surface area contributed by atoms with Gasteiger partial charge < -0.3 is 16.2 Å². The Morgan fingerprint density at radius 2 is 2.29 bits per heavy atom. The molecule has 1 aromatic rings. The smallest absolute Gasteiger partial charge is 0.228 e. The van der Waals surface area contributed by atoms with Crippen LogP contribution in [-0.2, 0) is 11.2 Å². The molecule has 2 unspecified atom stereocenters. The standard InChI is InChI=1S/C13H18N2O2/c1-2-8(7-16)13(14)9-3-4-11-10(5-9)6-12(17)15-11/h3-5,8,13,16H,2,6-7,14H2,1H3,(H,15,17). The largest absolute Gasteiger partial charge is 0.396 e. The summed E-state index contributed by atoms with van der Waals surface area (Å²) in [4.78, 5) is 11.2. The van der Waals surface area contributed by atoms with Gasteiger partial charge in [0.05, 0.1) is 6.42 Å². The lowest BCUT2D eigenvalue weighted by Crippen LogP contribution is -2.23. The van der Waals surface area contributed by atoms with Gasteiger partial charge in [0.2, 0.25) is 5.91 Å². The van der Waals surface area contributed by atoms with Crippen molar-refractivity contribution in [1.29, 1.82) is 0 Å². The molecule has 0 fully saturated rings. The minimum absolute atomic E-state index is 0.0277. The molecule has 0 saturated carbocycles. The third-order valence-electron chi connectivity index (χ3n) is 3.41. The average molecular weight is 234 g/mol. The molecule has 4 nitrogen and oxygen atoms in total. The van der Waals surface area contributed by atoms with Crippen molar-refractivity contribution in [3.8, 4) is 0 Å². The van der Waals surface area contributed by atoms with Crippen LogP contribution in [0.25, 0.3) is 0 Å². The first-order valence-electron chi connectivity index (χ1n) is 5.94. The van der Waals surface area contributed by atoms with E-state index in [1.165, 1.54) is 0 Å². The summed E-state index contributed by atoms with van der Waals surface area (Å²) in [6.45, 7) is 2.10. The van der Waals surface area contributed by atoms with Crippen LogP contribution in [-0.4, -0.2) is 17.6 Å². The van der Waals surface area contributed by atoms with E-state index in [0.29, 0.717) is 6.42 Å². The van der Waals surface area contributed by atoms with Crippen molar-refractivity contribution in [3.63, 3.8) is 0 Å². The molecule has 2 atom stereocenters. The lowest BCUT2D eigenvalue weighted by Gasteiger charge is -2.21. The number of aliphatic hydroxyl groups excluding tert-OH is 1. The molecule has 0 aromatic heterocycles. The molecule has 2 rings (SSSR count). The monoisotopic (exact) mass is 234 g/mol. The number of hydrogen-bond acceptors (Lipinski definition) is 3. The van der Waals surface area contributed by atoms with Gasteiger partial charge in [-0.3, -0.25) is 4.79 Å². The highest BCUT2D eigenvalue weighted by Crippen LogP contribution is 2.29. The molecule has 4 heteroatoms. The first-order chi connectivity index (χ1) is 8.15. The van der Waals surface area contributed by atoms with Crippen molar-refractivity contribution < 1.29 is 9.90 Å². The van der Waals surface area contributed by atoms with E-state index >= 15 is 0 Å². The van der Waals surface area contributed by atoms with Crippen molar-refractivity contribution in [2.24, 2.45) is 11.7 Å². The van der Waals surface area contributed by atoms with E-state index in [1.807, 2.05) is 25.1 Å². The molecule has 17 heavy (non-hydrogen) atoms. The number of hydrogen-bond donors (Lipinski definition) is 3. The van der Waals surface area contributed by atoms with E-state index < -0.39 is 0 Å². The quantitative estimate of drug-likeness (QED) is 0.732. The number of nitrogens with one attached hydrogen (secondary N) is 1. The maximum absolute atomic E-state index is 11.2. The highest BCUT2D eigenvalue weighted by atomic mass is 16.3. The predicted octanol–water partition coefficient (Wildman–Crippen LogP) is 1.20. The Kier molecular flexibility index (Phi) is 3.45. The van der Waals surface area contributed by atoms with Crippen LogP contribution < -0.4 is 11.1 Å². The topological polar surface area (TPSA) is 75.3 Å². The van der Waals surface area contributed by atoms with Gasteiger partial charge in [0.25, 0.3) is 0 Å². The molecule has 0 bridgehead atoms. The Morgan fingerprint density at radius 1 is 1.53 bits per heavy atom. The molecule has 0 radical (unpaired) electrons. The Balaban J connectivity index is 2.23. The molecule has 0 spiro atoms. The van der Waals surface area contributed by atoms with Crippen LogP contribution in [0.1, 0.15) is 30.5 Å². The van der Waals surface area contributed by atoms with Gasteiger partial charge in [0, 0.05) is 24.3 Å². The van der Waals surface area contributed by atoms with Crippen LogP contribution in [0, 0.1) is 5.92 Å². The van der Waals surface area contributed by atoms with E-state index in [9.17, 15) is 9.90 Å². The molecule has 0 aliphatic carbocycles. The van der Waals surface area contributed by atoms with E-state index in [0.717, 1.165) is 23.2 Å². The van der Waals surface area contributed by atoms with Crippen LogP contribution in [0.3, 0.4) is 0 Å². The Morgan fingerprint density at radius 3 is 2.94 bits per heavy atom. The first-order valence-corrected chi connectivity index (χ1v) is 5.94. The number of fused-ring (bicyclic) bond motifs is 1. The zero-order valence-corrected chi connectivity index (χ0v) is 9.94. The lowest BCUT2D eigenvalue weighted by atomic mass is 9.91. The molecule has 0 saturated heterocycles. The van der Waals surface area contributed by atoms with Gasteiger partial charge in [-0.25, -0.2) is 0 Å². The number of aliphatic hydroxyl groups is 1. The third-order valence-corrected chi connectivity index (χ3v) is 3.41. The van der Waals surface area contributed by atoms with Crippen LogP contribution in [0.5, 0.6) is 0 Å². The molecule has 1 aromatic carbocycles. The van der Waals surface area contributed by atoms with Crippen LogP contribution in [0.4, 0.5) is 5.69 Å². The number of amides is 1. The lowest BCUT2D eigenvalue weighted by molar-refractivity contribution is -0.115. The number of carbonyl (C=O) groups is 1. The Labute approximate surface area is 101 Å². The average Bonchev–Trinajstić information content (AvgIpc) is 2.69. The molecule has 1 aliphatic rings. The van der Waals surface area contributed by atoms with E-state index in [-0.39, 0.29) is 24.5 Å². The van der Waals surface area contributed by atoms with Crippen molar-refractivity contribution >= 4 is 11.6 Å². The summed E-state index contributed by atoms with van der Waals surface area (Å²) in [5.74, 6) is 0.0954. The van der Waals surface area contributed by atoms with E-state index in [2.05, 4.69) is 5.32 Å². The molecule has 1 aliphatic heterocycles. The summed E-state index contributed by atoms with van der Waals surface area (Å²) in [6.07, 6.45) is 1.26. The molecule has 4 N–H and O–H groups in total. The van der Waals surface area contributed by atoms with Crippen LogP contribution >= 0.6 is 0 Å². The Bertz CT molecular complexity index is 427. The van der Waals surface area contributed by atoms with Crippen molar-refractivity contribution in [1.82, 2.24) is 0 Å². The zero-order valence-electron chi connectivity index (χ0n) is 9.94. The zero-order chi connectivity index (χ0) is 12.4. The molecule has 92 valence electrons. The second-order valence-electron chi connectivity index (χ2n) is 4.52. The van der Waals surface area contributed by atoms with Crippen LogP contribution in [0.15, 0.2) is 18.2 Å². The second kappa shape index (κ2) is 4.85. The van der Waals surface area contributed by atoms with E-state index in [1.54, 1.807) is 0 Å². The minimum Gasteiger partial charge on any atom is -0.396 e. The van der Waals surface area contributed by atoms with Crippen molar-refractivity contribution in [2.45, 2.75) is 25.8 Å². The summed E-state index contributed by atoms with van der Waals surface area (Å²) >= 11 is 0. The maximum atomic E-state index is 11.2. The Hall–Kier alpha value is -1.39. The van der Waals surface area contributed by atoms with Gasteiger partial charge in [0.1, 0.15) is 0 Å². The van der Waals surface area contributed by atoms with Gasteiger partial charge in [0.15, 0.2) is 0 Å².